The van der Waals surface area contributed by atoms with E-state index in [1.165, 1.54) is 24.4 Å². The maximum absolute atomic E-state index is 12.7. The number of fused-ring (bicyclic) bond motifs is 1. The number of carboxylic acid groups (broad SMARTS) is 1. The van der Waals surface area contributed by atoms with Crippen LogP contribution in [0.5, 0.6) is 5.75 Å². The van der Waals surface area contributed by atoms with Crippen LogP contribution in [0.4, 0.5) is 19.0 Å². The molecule has 0 aliphatic carbocycles. The normalized spacial score (nSPS) is 11.6. The third-order valence-corrected chi connectivity index (χ3v) is 4.99. The number of pyridine rings is 1. The van der Waals surface area contributed by atoms with Crippen LogP contribution < -0.4 is 10.2 Å². The van der Waals surface area contributed by atoms with Crippen LogP contribution >= 0.6 is 0 Å². The van der Waals surface area contributed by atoms with E-state index >= 15 is 0 Å². The lowest BCUT2D eigenvalue weighted by Crippen LogP contribution is -2.05. The number of carboxylic acids is 1. The lowest BCUT2D eigenvalue weighted by atomic mass is 10.0. The maximum atomic E-state index is 12.7. The molecule has 1 heterocycles. The Morgan fingerprint density at radius 1 is 1.03 bits per heavy atom. The second-order valence-corrected chi connectivity index (χ2v) is 7.29. The Morgan fingerprint density at radius 3 is 2.47 bits per heavy atom. The molecule has 1 aromatic heterocycles. The molecule has 34 heavy (non-hydrogen) atoms. The zero-order valence-corrected chi connectivity index (χ0v) is 17.6. The van der Waals surface area contributed by atoms with Gasteiger partial charge >= 0.3 is 12.1 Å². The molecular weight excluding hydrogens is 447 g/mol. The second-order valence-electron chi connectivity index (χ2n) is 7.29. The van der Waals surface area contributed by atoms with Gasteiger partial charge in [-0.2, -0.15) is 18.3 Å². The summed E-state index contributed by atoms with van der Waals surface area (Å²) in [7, 11) is 0. The minimum absolute atomic E-state index is 0.158. The van der Waals surface area contributed by atoms with Crippen molar-refractivity contribution in [3.8, 4) is 5.75 Å². The Balaban J connectivity index is 1.55. The summed E-state index contributed by atoms with van der Waals surface area (Å²) < 4.78 is 44.1. The first kappa shape index (κ1) is 22.8. The molecule has 4 aromatic rings. The van der Waals surface area contributed by atoms with Crippen LogP contribution in [0.2, 0.25) is 0 Å². The minimum Gasteiger partial charge on any atom is -0.488 e. The number of aromatic carboxylic acids is 1. The van der Waals surface area contributed by atoms with Gasteiger partial charge in [-0.3, -0.25) is 5.43 Å². The number of ether oxygens (including phenoxy) is 1. The fourth-order valence-corrected chi connectivity index (χ4v) is 3.23. The zero-order valence-electron chi connectivity index (χ0n) is 17.6. The van der Waals surface area contributed by atoms with Gasteiger partial charge in [0.2, 0.25) is 0 Å². The lowest BCUT2D eigenvalue weighted by molar-refractivity contribution is -0.137. The van der Waals surface area contributed by atoms with Crippen LogP contribution in [-0.2, 0) is 12.8 Å². The SMILES string of the molecule is O=C(O)c1ccc(COc2ccc3ccccc3c2/C=N\Nc2ccc(C(F)(F)F)cn2)cc1. The standard InChI is InChI=1S/C25H18F3N3O3/c26-25(27,28)19-10-12-23(29-13-19)31-30-14-21-20-4-2-1-3-17(20)9-11-22(21)34-15-16-5-7-18(8-6-16)24(32)33/h1-14H,15H2,(H,29,31)(H,32,33)/b30-14-. The molecule has 0 aliphatic heterocycles. The summed E-state index contributed by atoms with van der Waals surface area (Å²) in [5.74, 6) is -0.312. The Kier molecular flexibility index (Phi) is 6.44. The maximum Gasteiger partial charge on any atom is 0.417 e. The van der Waals surface area contributed by atoms with Crippen molar-refractivity contribution in [1.82, 2.24) is 4.98 Å². The number of alkyl halides is 3. The molecule has 0 saturated heterocycles. The average Bonchev–Trinajstić information content (AvgIpc) is 2.83. The first-order valence-corrected chi connectivity index (χ1v) is 10.1. The fourth-order valence-electron chi connectivity index (χ4n) is 3.23. The van der Waals surface area contributed by atoms with Gasteiger partial charge in [0, 0.05) is 11.8 Å². The molecule has 0 saturated carbocycles. The summed E-state index contributed by atoms with van der Waals surface area (Å²) in [4.78, 5) is 14.8. The number of nitrogens with one attached hydrogen (secondary N) is 1. The van der Waals surface area contributed by atoms with Crippen LogP contribution in [0.25, 0.3) is 10.8 Å². The van der Waals surface area contributed by atoms with Crippen molar-refractivity contribution >= 4 is 28.8 Å². The van der Waals surface area contributed by atoms with Crippen LogP contribution in [0, 0.1) is 0 Å². The van der Waals surface area contributed by atoms with E-state index in [0.717, 1.165) is 28.6 Å². The lowest BCUT2D eigenvalue weighted by Gasteiger charge is -2.12. The van der Waals surface area contributed by atoms with Gasteiger partial charge in [-0.25, -0.2) is 9.78 Å². The highest BCUT2D eigenvalue weighted by Gasteiger charge is 2.30. The van der Waals surface area contributed by atoms with E-state index in [-0.39, 0.29) is 18.0 Å². The molecule has 0 bridgehead atoms. The molecule has 2 N–H and O–H groups in total. The fraction of sp³-hybridized carbons (Fsp3) is 0.0800. The van der Waals surface area contributed by atoms with Gasteiger partial charge in [0.05, 0.1) is 17.3 Å². The van der Waals surface area contributed by atoms with E-state index in [2.05, 4.69) is 15.5 Å². The van der Waals surface area contributed by atoms with Crippen molar-refractivity contribution in [2.24, 2.45) is 5.10 Å². The van der Waals surface area contributed by atoms with E-state index in [1.807, 2.05) is 30.3 Å². The van der Waals surface area contributed by atoms with Crippen LogP contribution in [0.15, 0.2) is 84.1 Å². The number of hydrogen-bond acceptors (Lipinski definition) is 5. The number of anilines is 1. The average molecular weight is 465 g/mol. The topological polar surface area (TPSA) is 83.8 Å². The van der Waals surface area contributed by atoms with Gasteiger partial charge in [-0.05, 0) is 46.7 Å². The molecule has 0 radical (unpaired) electrons. The summed E-state index contributed by atoms with van der Waals surface area (Å²) in [6.07, 6.45) is -2.21. The third kappa shape index (κ3) is 5.32. The number of aromatic nitrogens is 1. The van der Waals surface area contributed by atoms with E-state index in [4.69, 9.17) is 9.84 Å². The molecule has 0 fully saturated rings. The highest BCUT2D eigenvalue weighted by molar-refractivity contribution is 6.02. The Bertz CT molecular complexity index is 1340. The summed E-state index contributed by atoms with van der Waals surface area (Å²) >= 11 is 0. The van der Waals surface area contributed by atoms with E-state index in [9.17, 15) is 18.0 Å². The van der Waals surface area contributed by atoms with Gasteiger partial charge in [0.25, 0.3) is 0 Å². The Labute approximate surface area is 192 Å². The molecule has 0 atom stereocenters. The summed E-state index contributed by atoms with van der Waals surface area (Å²) in [5, 5.41) is 15.0. The molecule has 0 spiro atoms. The first-order valence-electron chi connectivity index (χ1n) is 10.1. The third-order valence-electron chi connectivity index (χ3n) is 4.99. The monoisotopic (exact) mass is 465 g/mol. The summed E-state index contributed by atoms with van der Waals surface area (Å²) in [5.41, 5.74) is 3.43. The Hall–Kier alpha value is -4.40. The van der Waals surface area contributed by atoms with Crippen LogP contribution in [0.1, 0.15) is 27.0 Å². The van der Waals surface area contributed by atoms with E-state index in [0.29, 0.717) is 11.3 Å². The quantitative estimate of drug-likeness (QED) is 0.259. The van der Waals surface area contributed by atoms with Gasteiger partial charge in [-0.1, -0.05) is 42.5 Å². The Morgan fingerprint density at radius 2 is 1.79 bits per heavy atom. The number of benzene rings is 3. The zero-order chi connectivity index (χ0) is 24.1. The van der Waals surface area contributed by atoms with Gasteiger partial charge in [-0.15, -0.1) is 0 Å². The largest absolute Gasteiger partial charge is 0.488 e. The van der Waals surface area contributed by atoms with Crippen LogP contribution in [0.3, 0.4) is 0 Å². The molecular formula is C25H18F3N3O3. The van der Waals surface area contributed by atoms with E-state index in [1.54, 1.807) is 18.2 Å². The van der Waals surface area contributed by atoms with Crippen LogP contribution in [-0.4, -0.2) is 22.3 Å². The van der Waals surface area contributed by atoms with Gasteiger partial charge in [0.15, 0.2) is 0 Å². The number of nitrogens with zero attached hydrogens (tertiary/aromatic N) is 2. The predicted octanol–water partition coefficient (Wildman–Crippen LogP) is 5.98. The van der Waals surface area contributed by atoms with Crippen molar-refractivity contribution in [2.75, 3.05) is 5.43 Å². The number of halogens is 3. The summed E-state index contributed by atoms with van der Waals surface area (Å²) in [6.45, 7) is 0.201. The van der Waals surface area contributed by atoms with E-state index < -0.39 is 17.7 Å². The number of hydrazone groups is 1. The first-order chi connectivity index (χ1) is 16.3. The highest BCUT2D eigenvalue weighted by Crippen LogP contribution is 2.29. The molecule has 0 amide bonds. The molecule has 0 aliphatic rings. The molecule has 0 unspecified atom stereocenters. The summed E-state index contributed by atoms with van der Waals surface area (Å²) in [6, 6.07) is 19.8. The highest BCUT2D eigenvalue weighted by atomic mass is 19.4. The van der Waals surface area contributed by atoms with Crippen molar-refractivity contribution in [3.05, 3.63) is 101 Å². The molecule has 172 valence electrons. The van der Waals surface area contributed by atoms with Crippen molar-refractivity contribution < 1.29 is 27.8 Å². The molecule has 4 rings (SSSR count). The van der Waals surface area contributed by atoms with Crippen molar-refractivity contribution in [1.29, 1.82) is 0 Å². The van der Waals surface area contributed by atoms with Gasteiger partial charge < -0.3 is 9.84 Å². The number of hydrogen-bond donors (Lipinski definition) is 2. The molecule has 6 nitrogen and oxygen atoms in total. The second kappa shape index (κ2) is 9.62. The van der Waals surface area contributed by atoms with Crippen molar-refractivity contribution in [3.63, 3.8) is 0 Å². The smallest absolute Gasteiger partial charge is 0.417 e. The predicted molar refractivity (Wildman–Crippen MR) is 122 cm³/mol. The molecule has 9 heteroatoms. The number of carbonyl (C=O) groups is 1. The van der Waals surface area contributed by atoms with Crippen molar-refractivity contribution in [2.45, 2.75) is 12.8 Å². The van der Waals surface area contributed by atoms with Gasteiger partial charge in [0.1, 0.15) is 18.2 Å². The molecule has 3 aromatic carbocycles. The number of rotatable bonds is 7. The minimum atomic E-state index is -4.46.